The molecular formula is C36H43N3O5S. The van der Waals surface area contributed by atoms with Crippen LogP contribution in [0, 0.1) is 13.8 Å². The molecular weight excluding hydrogens is 586 g/mol. The van der Waals surface area contributed by atoms with Gasteiger partial charge in [0.05, 0.1) is 31.4 Å². The topological polar surface area (TPSA) is 97.7 Å². The second kappa shape index (κ2) is 16.9. The smallest absolute Gasteiger partial charge is 0.248 e. The maximum atomic E-state index is 13.0. The number of nitrogens with one attached hydrogen (secondary N) is 1. The Labute approximate surface area is 269 Å². The molecule has 3 aromatic carbocycles. The lowest BCUT2D eigenvalue weighted by molar-refractivity contribution is -0.111. The summed E-state index contributed by atoms with van der Waals surface area (Å²) in [6.45, 7) is 10.7. The molecule has 0 aliphatic rings. The standard InChI is InChI=1S/C36H43N3O5S/c1-6-8-19-43-20-21-44-32-14-9-28(10-15-32)30-22-26(3)36(42-5)29(23-30)11-18-35(40)38-31-12-16-33(17-13-31)45(41)24-34-27(4)37-25-39(34)7-2/h9-18,22-23,25H,6-8,19-21,24H2,1-5H3,(H,38,40)/b18-11+. The molecule has 1 N–H and O–H groups in total. The maximum absolute atomic E-state index is 13.0. The molecule has 0 saturated heterocycles. The van der Waals surface area contributed by atoms with Gasteiger partial charge in [0.15, 0.2) is 10.6 Å². The summed E-state index contributed by atoms with van der Waals surface area (Å²) < 4.78 is 32.0. The van der Waals surface area contributed by atoms with Crippen molar-refractivity contribution in [1.29, 1.82) is 0 Å². The highest BCUT2D eigenvalue weighted by Crippen LogP contribution is 2.32. The van der Waals surface area contributed by atoms with Crippen molar-refractivity contribution in [2.45, 2.75) is 57.7 Å². The van der Waals surface area contributed by atoms with E-state index in [4.69, 9.17) is 14.2 Å². The molecule has 238 valence electrons. The average molecular weight is 630 g/mol. The van der Waals surface area contributed by atoms with Gasteiger partial charge in [0.2, 0.25) is 5.91 Å². The number of carbonyl (C=O) groups excluding carboxylic acids is 1. The van der Waals surface area contributed by atoms with E-state index in [2.05, 4.69) is 23.3 Å². The number of hydrogen-bond donors (Lipinski definition) is 1. The number of hydrogen-bond acceptors (Lipinski definition) is 6. The normalized spacial score (nSPS) is 12.0. The Morgan fingerprint density at radius 1 is 1.00 bits per heavy atom. The number of imidazole rings is 1. The first-order valence-corrected chi connectivity index (χ1v) is 16.6. The monoisotopic (exact) mass is 629 g/mol. The van der Waals surface area contributed by atoms with Crippen molar-refractivity contribution in [1.82, 2.24) is 9.55 Å². The average Bonchev–Trinajstić information content (AvgIpc) is 3.40. The van der Waals surface area contributed by atoms with Crippen molar-refractivity contribution in [2.75, 3.05) is 32.2 Å². The molecule has 0 bridgehead atoms. The van der Waals surface area contributed by atoms with Crippen LogP contribution in [-0.2, 0) is 33.0 Å². The molecule has 4 rings (SSSR count). The van der Waals surface area contributed by atoms with Crippen LogP contribution in [0.25, 0.3) is 17.2 Å². The molecule has 1 heterocycles. The van der Waals surface area contributed by atoms with E-state index in [9.17, 15) is 9.35 Å². The molecule has 9 heteroatoms. The zero-order valence-electron chi connectivity index (χ0n) is 26.8. The minimum atomic E-state index is -1.23. The van der Waals surface area contributed by atoms with Crippen LogP contribution in [0.4, 0.5) is 5.69 Å². The highest BCUT2D eigenvalue weighted by atomic mass is 32.2. The van der Waals surface area contributed by atoms with E-state index in [1.165, 1.54) is 6.08 Å². The zero-order valence-corrected chi connectivity index (χ0v) is 27.6. The lowest BCUT2D eigenvalue weighted by Gasteiger charge is -2.13. The molecule has 1 atom stereocenters. The highest BCUT2D eigenvalue weighted by Gasteiger charge is 2.17. The Morgan fingerprint density at radius 2 is 1.76 bits per heavy atom. The van der Waals surface area contributed by atoms with Crippen molar-refractivity contribution in [3.05, 3.63) is 95.6 Å². The van der Waals surface area contributed by atoms with E-state index < -0.39 is 11.2 Å². The number of rotatable bonds is 16. The van der Waals surface area contributed by atoms with Crippen LogP contribution in [0.2, 0.25) is 0 Å². The largest absolute Gasteiger partial charge is 0.611 e. The number of anilines is 1. The first-order valence-electron chi connectivity index (χ1n) is 15.3. The van der Waals surface area contributed by atoms with Crippen molar-refractivity contribution < 1.29 is 23.6 Å². The van der Waals surface area contributed by atoms with E-state index in [1.54, 1.807) is 43.8 Å². The fraction of sp³-hybridized carbons (Fsp3) is 0.333. The number of methoxy groups -OCH3 is 1. The number of nitrogens with zero attached hydrogens (tertiary/aromatic N) is 2. The number of carbonyl (C=O) groups is 1. The third-order valence-corrected chi connectivity index (χ3v) is 8.73. The fourth-order valence-corrected chi connectivity index (χ4v) is 6.13. The highest BCUT2D eigenvalue weighted by molar-refractivity contribution is 7.90. The summed E-state index contributed by atoms with van der Waals surface area (Å²) in [5.41, 5.74) is 6.26. The van der Waals surface area contributed by atoms with Gasteiger partial charge in [0.1, 0.15) is 18.1 Å². The van der Waals surface area contributed by atoms with Crippen LogP contribution < -0.4 is 14.8 Å². The summed E-state index contributed by atoms with van der Waals surface area (Å²) in [6, 6.07) is 19.1. The fourth-order valence-electron chi connectivity index (χ4n) is 4.90. The molecule has 1 amide bonds. The van der Waals surface area contributed by atoms with Crippen LogP contribution in [0.3, 0.4) is 0 Å². The van der Waals surface area contributed by atoms with Crippen LogP contribution in [0.5, 0.6) is 11.5 Å². The van der Waals surface area contributed by atoms with Gasteiger partial charge in [-0.25, -0.2) is 4.98 Å². The van der Waals surface area contributed by atoms with Crippen molar-refractivity contribution in [3.63, 3.8) is 0 Å². The van der Waals surface area contributed by atoms with Crippen LogP contribution in [0.1, 0.15) is 49.2 Å². The van der Waals surface area contributed by atoms with E-state index in [-0.39, 0.29) is 5.91 Å². The zero-order chi connectivity index (χ0) is 32.2. The van der Waals surface area contributed by atoms with Gasteiger partial charge >= 0.3 is 0 Å². The van der Waals surface area contributed by atoms with Gasteiger partial charge in [-0.15, -0.1) is 0 Å². The van der Waals surface area contributed by atoms with Gasteiger partial charge in [-0.2, -0.15) is 0 Å². The SMILES string of the molecule is CCCCOCCOc1ccc(-c2cc(C)c(OC)c(/C=C/C(=O)Nc3ccc([S+]([O-])Cc4c(C)ncn4CC)cc3)c2)cc1. The number of amides is 1. The van der Waals surface area contributed by atoms with Crippen molar-refractivity contribution >= 4 is 28.8 Å². The summed E-state index contributed by atoms with van der Waals surface area (Å²) in [4.78, 5) is 17.9. The molecule has 0 saturated carbocycles. The van der Waals surface area contributed by atoms with Crippen molar-refractivity contribution in [2.24, 2.45) is 0 Å². The first kappa shape index (κ1) is 33.8. The van der Waals surface area contributed by atoms with E-state index in [0.29, 0.717) is 35.3 Å². The molecule has 0 radical (unpaired) electrons. The second-order valence-electron chi connectivity index (χ2n) is 10.7. The van der Waals surface area contributed by atoms with Gasteiger partial charge in [-0.1, -0.05) is 25.5 Å². The molecule has 0 spiro atoms. The third kappa shape index (κ3) is 9.47. The molecule has 0 aliphatic carbocycles. The van der Waals surface area contributed by atoms with Crippen LogP contribution in [-0.4, -0.2) is 46.9 Å². The molecule has 1 unspecified atom stereocenters. The predicted molar refractivity (Wildman–Crippen MR) is 181 cm³/mol. The number of aryl methyl sites for hydroxylation is 3. The van der Waals surface area contributed by atoms with Crippen LogP contribution in [0.15, 0.2) is 78.0 Å². The Morgan fingerprint density at radius 3 is 2.44 bits per heavy atom. The summed E-state index contributed by atoms with van der Waals surface area (Å²) >= 11 is -1.23. The summed E-state index contributed by atoms with van der Waals surface area (Å²) in [7, 11) is 1.63. The molecule has 8 nitrogen and oxygen atoms in total. The van der Waals surface area contributed by atoms with E-state index >= 15 is 0 Å². The third-order valence-electron chi connectivity index (χ3n) is 7.40. The van der Waals surface area contributed by atoms with Gasteiger partial charge in [0.25, 0.3) is 0 Å². The number of unbranched alkanes of at least 4 members (excludes halogenated alkanes) is 1. The molecule has 0 aliphatic heterocycles. The Bertz CT molecular complexity index is 1570. The van der Waals surface area contributed by atoms with Gasteiger partial charge in [-0.3, -0.25) is 4.79 Å². The second-order valence-corrected chi connectivity index (χ2v) is 12.1. The van der Waals surface area contributed by atoms with Crippen LogP contribution >= 0.6 is 0 Å². The Kier molecular flexibility index (Phi) is 12.7. The lowest BCUT2D eigenvalue weighted by Crippen LogP contribution is -2.11. The number of benzene rings is 3. The molecule has 45 heavy (non-hydrogen) atoms. The summed E-state index contributed by atoms with van der Waals surface area (Å²) in [6.07, 6.45) is 7.20. The van der Waals surface area contributed by atoms with Gasteiger partial charge < -0.3 is 28.6 Å². The first-order chi connectivity index (χ1) is 21.8. The number of ether oxygens (including phenoxy) is 3. The maximum Gasteiger partial charge on any atom is 0.248 e. The Balaban J connectivity index is 1.38. The molecule has 4 aromatic rings. The Hall–Kier alpha value is -4.05. The molecule has 1 aromatic heterocycles. The van der Waals surface area contributed by atoms with E-state index in [1.807, 2.05) is 55.7 Å². The van der Waals surface area contributed by atoms with Crippen molar-refractivity contribution in [3.8, 4) is 22.6 Å². The molecule has 0 fully saturated rings. The lowest BCUT2D eigenvalue weighted by atomic mass is 9.98. The minimum Gasteiger partial charge on any atom is -0.611 e. The number of aromatic nitrogens is 2. The summed E-state index contributed by atoms with van der Waals surface area (Å²) in [5.74, 6) is 1.60. The van der Waals surface area contributed by atoms with Gasteiger partial charge in [0, 0.05) is 30.5 Å². The van der Waals surface area contributed by atoms with E-state index in [0.717, 1.165) is 65.4 Å². The summed E-state index contributed by atoms with van der Waals surface area (Å²) in [5, 5.41) is 2.88. The quantitative estimate of drug-likeness (QED) is 0.0791. The minimum absolute atomic E-state index is 0.281. The predicted octanol–water partition coefficient (Wildman–Crippen LogP) is 7.35. The van der Waals surface area contributed by atoms with Gasteiger partial charge in [-0.05, 0) is 110 Å².